The fourth-order valence-electron chi connectivity index (χ4n) is 1.87. The molecule has 94 valence electrons. The van der Waals surface area contributed by atoms with Gasteiger partial charge in [0, 0.05) is 6.54 Å². The molecule has 0 aliphatic heterocycles. The number of aromatic nitrogens is 1. The number of nitrogens with one attached hydrogen (secondary N) is 1. The number of ether oxygens (including phenoxy) is 1. The van der Waals surface area contributed by atoms with Crippen molar-refractivity contribution < 1.29 is 9.53 Å². The molecular weight excluding hydrogens is 236 g/mol. The Morgan fingerprint density at radius 3 is 2.94 bits per heavy atom. The number of hydrogen-bond donors (Lipinski definition) is 1. The van der Waals surface area contributed by atoms with Crippen molar-refractivity contribution in [1.29, 1.82) is 0 Å². The van der Waals surface area contributed by atoms with Crippen molar-refractivity contribution >= 4 is 22.5 Å². The maximum absolute atomic E-state index is 11.8. The zero-order chi connectivity index (χ0) is 12.3. The normalized spacial score (nSPS) is 15.4. The van der Waals surface area contributed by atoms with Gasteiger partial charge >= 0.3 is 5.97 Å². The maximum atomic E-state index is 11.8. The zero-order valence-electron chi connectivity index (χ0n) is 10.3. The van der Waals surface area contributed by atoms with E-state index < -0.39 is 0 Å². The first-order valence-electron chi connectivity index (χ1n) is 6.09. The summed E-state index contributed by atoms with van der Waals surface area (Å²) in [5, 5.41) is 4.19. The van der Waals surface area contributed by atoms with Gasteiger partial charge in [0.1, 0.15) is 10.6 Å². The first-order valence-corrected chi connectivity index (χ1v) is 6.87. The van der Waals surface area contributed by atoms with Gasteiger partial charge in [-0.15, -0.1) is 0 Å². The first kappa shape index (κ1) is 12.4. The number of aryl methyl sites for hydroxylation is 1. The van der Waals surface area contributed by atoms with E-state index in [0.29, 0.717) is 12.2 Å². The Bertz CT molecular complexity index is 399. The number of hydrogen-bond acceptors (Lipinski definition) is 5. The van der Waals surface area contributed by atoms with Crippen LogP contribution < -0.4 is 5.32 Å². The molecule has 0 aromatic carbocycles. The third-order valence-electron chi connectivity index (χ3n) is 3.12. The molecule has 0 bridgehead atoms. The molecular formula is C12H18N2O2S. The highest BCUT2D eigenvalue weighted by Crippen LogP contribution is 2.29. The van der Waals surface area contributed by atoms with Gasteiger partial charge in [-0.2, -0.15) is 4.37 Å². The molecule has 0 unspecified atom stereocenters. The molecule has 1 saturated carbocycles. The van der Waals surface area contributed by atoms with Crippen molar-refractivity contribution in [2.45, 2.75) is 33.1 Å². The van der Waals surface area contributed by atoms with E-state index in [1.165, 1.54) is 30.8 Å². The Balaban J connectivity index is 2.02. The van der Waals surface area contributed by atoms with Crippen LogP contribution in [0.4, 0.5) is 5.00 Å². The van der Waals surface area contributed by atoms with Gasteiger partial charge in [0.2, 0.25) is 0 Å². The second-order valence-corrected chi connectivity index (χ2v) is 5.14. The van der Waals surface area contributed by atoms with Crippen LogP contribution in [-0.4, -0.2) is 23.5 Å². The minimum absolute atomic E-state index is 0.269. The molecule has 0 radical (unpaired) electrons. The lowest BCUT2D eigenvalue weighted by Gasteiger charge is -2.25. The maximum Gasteiger partial charge on any atom is 0.343 e. The van der Waals surface area contributed by atoms with Gasteiger partial charge in [0.15, 0.2) is 0 Å². The van der Waals surface area contributed by atoms with E-state index in [2.05, 4.69) is 9.69 Å². The number of carbonyl (C=O) groups excluding carboxylic acids is 1. The molecule has 0 saturated heterocycles. The topological polar surface area (TPSA) is 51.2 Å². The van der Waals surface area contributed by atoms with Crippen molar-refractivity contribution in [1.82, 2.24) is 4.37 Å². The molecule has 1 aliphatic carbocycles. The SMILES string of the molecule is CCOC(=O)c1c(C)nsc1NCC1CCC1. The molecule has 0 atom stereocenters. The van der Waals surface area contributed by atoms with Crippen LogP contribution >= 0.6 is 11.5 Å². The second-order valence-electron chi connectivity index (χ2n) is 4.37. The predicted molar refractivity (Wildman–Crippen MR) is 68.6 cm³/mol. The number of anilines is 1. The first-order chi connectivity index (χ1) is 8.22. The second kappa shape index (κ2) is 5.49. The lowest BCUT2D eigenvalue weighted by atomic mass is 9.85. The fraction of sp³-hybridized carbons (Fsp3) is 0.667. The minimum Gasteiger partial charge on any atom is -0.462 e. The molecule has 0 spiro atoms. The average Bonchev–Trinajstić information content (AvgIpc) is 2.58. The van der Waals surface area contributed by atoms with E-state index in [9.17, 15) is 4.79 Å². The third-order valence-corrected chi connectivity index (χ3v) is 4.01. The predicted octanol–water partition coefficient (Wildman–Crippen LogP) is 2.84. The Morgan fingerprint density at radius 1 is 1.59 bits per heavy atom. The summed E-state index contributed by atoms with van der Waals surface area (Å²) in [6.07, 6.45) is 3.91. The van der Waals surface area contributed by atoms with E-state index in [1.54, 1.807) is 0 Å². The molecule has 2 rings (SSSR count). The summed E-state index contributed by atoms with van der Waals surface area (Å²) in [4.78, 5) is 11.8. The molecule has 1 heterocycles. The highest BCUT2D eigenvalue weighted by atomic mass is 32.1. The highest BCUT2D eigenvalue weighted by molar-refractivity contribution is 7.10. The van der Waals surface area contributed by atoms with E-state index in [1.807, 2.05) is 13.8 Å². The smallest absolute Gasteiger partial charge is 0.343 e. The van der Waals surface area contributed by atoms with Crippen molar-refractivity contribution in [2.24, 2.45) is 5.92 Å². The van der Waals surface area contributed by atoms with Gasteiger partial charge in [-0.1, -0.05) is 6.42 Å². The number of nitrogens with zero attached hydrogens (tertiary/aromatic N) is 1. The third kappa shape index (κ3) is 2.77. The van der Waals surface area contributed by atoms with Crippen molar-refractivity contribution in [2.75, 3.05) is 18.5 Å². The number of carbonyl (C=O) groups is 1. The van der Waals surface area contributed by atoms with Crippen LogP contribution in [0.3, 0.4) is 0 Å². The Hall–Kier alpha value is -1.10. The largest absolute Gasteiger partial charge is 0.462 e. The van der Waals surface area contributed by atoms with Crippen molar-refractivity contribution in [3.63, 3.8) is 0 Å². The van der Waals surface area contributed by atoms with Crippen LogP contribution in [0.2, 0.25) is 0 Å². The van der Waals surface area contributed by atoms with Gasteiger partial charge in [0.25, 0.3) is 0 Å². The Kier molecular flexibility index (Phi) is 3.99. The molecule has 5 heteroatoms. The highest BCUT2D eigenvalue weighted by Gasteiger charge is 2.22. The van der Waals surface area contributed by atoms with Crippen LogP contribution in [0.1, 0.15) is 42.2 Å². The molecule has 1 aromatic rings. The molecule has 17 heavy (non-hydrogen) atoms. The summed E-state index contributed by atoms with van der Waals surface area (Å²) in [6.45, 7) is 5.00. The molecule has 1 N–H and O–H groups in total. The lowest BCUT2D eigenvalue weighted by molar-refractivity contribution is 0.0527. The molecule has 1 fully saturated rings. The fourth-order valence-corrected chi connectivity index (χ4v) is 2.66. The Labute approximate surface area is 106 Å². The van der Waals surface area contributed by atoms with Gasteiger partial charge in [-0.05, 0) is 44.1 Å². The molecule has 1 aliphatic rings. The van der Waals surface area contributed by atoms with Crippen LogP contribution in [0.15, 0.2) is 0 Å². The van der Waals surface area contributed by atoms with Crippen LogP contribution in [0, 0.1) is 12.8 Å². The average molecular weight is 254 g/mol. The van der Waals surface area contributed by atoms with Crippen LogP contribution in [-0.2, 0) is 4.74 Å². The summed E-state index contributed by atoms with van der Waals surface area (Å²) in [6, 6.07) is 0. The van der Waals surface area contributed by atoms with Crippen molar-refractivity contribution in [3.8, 4) is 0 Å². The standard InChI is InChI=1S/C12H18N2O2S/c1-3-16-12(15)10-8(2)14-17-11(10)13-7-9-5-4-6-9/h9,13H,3-7H2,1-2H3. The zero-order valence-corrected chi connectivity index (χ0v) is 11.1. The van der Waals surface area contributed by atoms with Crippen molar-refractivity contribution in [3.05, 3.63) is 11.3 Å². The van der Waals surface area contributed by atoms with Gasteiger partial charge in [0.05, 0.1) is 12.3 Å². The monoisotopic (exact) mass is 254 g/mol. The van der Waals surface area contributed by atoms with Gasteiger partial charge in [-0.25, -0.2) is 4.79 Å². The minimum atomic E-state index is -0.269. The summed E-state index contributed by atoms with van der Waals surface area (Å²) >= 11 is 1.34. The van der Waals surface area contributed by atoms with Crippen LogP contribution in [0.5, 0.6) is 0 Å². The summed E-state index contributed by atoms with van der Waals surface area (Å²) in [7, 11) is 0. The molecule has 0 amide bonds. The molecule has 1 aromatic heterocycles. The summed E-state index contributed by atoms with van der Waals surface area (Å²) in [5.74, 6) is 0.488. The number of rotatable bonds is 5. The summed E-state index contributed by atoms with van der Waals surface area (Å²) in [5.41, 5.74) is 1.36. The van der Waals surface area contributed by atoms with E-state index >= 15 is 0 Å². The Morgan fingerprint density at radius 2 is 2.35 bits per heavy atom. The molecule has 4 nitrogen and oxygen atoms in total. The number of esters is 1. The van der Waals surface area contributed by atoms with E-state index in [4.69, 9.17) is 4.74 Å². The van der Waals surface area contributed by atoms with E-state index in [-0.39, 0.29) is 5.97 Å². The van der Waals surface area contributed by atoms with Gasteiger partial charge in [-0.3, -0.25) is 0 Å². The van der Waals surface area contributed by atoms with Gasteiger partial charge < -0.3 is 10.1 Å². The van der Waals surface area contributed by atoms with Crippen LogP contribution in [0.25, 0.3) is 0 Å². The summed E-state index contributed by atoms with van der Waals surface area (Å²) < 4.78 is 9.26. The van der Waals surface area contributed by atoms with E-state index in [0.717, 1.165) is 23.2 Å². The quantitative estimate of drug-likeness (QED) is 0.821. The lowest BCUT2D eigenvalue weighted by Crippen LogP contribution is -2.21.